The smallest absolute Gasteiger partial charge is 0.211 e. The van der Waals surface area contributed by atoms with Crippen LogP contribution in [0.15, 0.2) is 24.0 Å². The second-order valence-corrected chi connectivity index (χ2v) is 6.35. The van der Waals surface area contributed by atoms with Gasteiger partial charge in [0.1, 0.15) is 36.1 Å². The first-order valence-corrected chi connectivity index (χ1v) is 7.84. The molecule has 3 rings (SSSR count). The highest BCUT2D eigenvalue weighted by Gasteiger charge is 2.55. The highest BCUT2D eigenvalue weighted by Crippen LogP contribution is 2.43. The van der Waals surface area contributed by atoms with E-state index in [-0.39, 0.29) is 5.57 Å². The van der Waals surface area contributed by atoms with Crippen LogP contribution in [0.5, 0.6) is 0 Å². The van der Waals surface area contributed by atoms with Crippen LogP contribution in [0.1, 0.15) is 0 Å². The van der Waals surface area contributed by atoms with Gasteiger partial charge in [0, 0.05) is 0 Å². The molecule has 0 amide bonds. The molecule has 0 aromatic rings. The zero-order valence-electron chi connectivity index (χ0n) is 13.1. The van der Waals surface area contributed by atoms with Crippen LogP contribution < -0.4 is 0 Å². The molecule has 1 aliphatic carbocycles. The summed E-state index contributed by atoms with van der Waals surface area (Å²) in [6, 6.07) is 0. The predicted molar refractivity (Wildman–Crippen MR) is 78.5 cm³/mol. The second kappa shape index (κ2) is 6.91. The molecule has 3 aliphatic rings. The Balaban J connectivity index is 1.80. The SMILES string of the molecule is OCC1=CC(O)[C@]2(O)C=COC(OC3OC(CO)C(O)C(O)C3O)C12. The van der Waals surface area contributed by atoms with E-state index in [9.17, 15) is 35.7 Å². The predicted octanol–water partition coefficient (Wildman–Crippen LogP) is -3.69. The first-order chi connectivity index (χ1) is 11.8. The monoisotopic (exact) mass is 362 g/mol. The van der Waals surface area contributed by atoms with Crippen molar-refractivity contribution in [3.8, 4) is 0 Å². The minimum absolute atomic E-state index is 0.272. The molecule has 0 spiro atoms. The van der Waals surface area contributed by atoms with Crippen molar-refractivity contribution in [2.45, 2.75) is 48.7 Å². The molecule has 10 nitrogen and oxygen atoms in total. The maximum absolute atomic E-state index is 10.6. The van der Waals surface area contributed by atoms with E-state index < -0.39 is 67.8 Å². The number of rotatable bonds is 4. The zero-order chi connectivity index (χ0) is 18.4. The highest BCUT2D eigenvalue weighted by atomic mass is 16.8. The Hall–Kier alpha value is -1.08. The summed E-state index contributed by atoms with van der Waals surface area (Å²) in [4.78, 5) is 0. The third-order valence-electron chi connectivity index (χ3n) is 4.86. The maximum atomic E-state index is 10.6. The van der Waals surface area contributed by atoms with Crippen LogP contribution in [0.2, 0.25) is 0 Å². The van der Waals surface area contributed by atoms with E-state index in [0.29, 0.717) is 0 Å². The van der Waals surface area contributed by atoms with Gasteiger partial charge >= 0.3 is 0 Å². The zero-order valence-corrected chi connectivity index (χ0v) is 13.1. The van der Waals surface area contributed by atoms with Crippen molar-refractivity contribution in [1.82, 2.24) is 0 Å². The summed E-state index contributed by atoms with van der Waals surface area (Å²) in [5.41, 5.74) is -1.50. The number of fused-ring (bicyclic) bond motifs is 1. The topological polar surface area (TPSA) is 169 Å². The average molecular weight is 362 g/mol. The largest absolute Gasteiger partial charge is 0.472 e. The highest BCUT2D eigenvalue weighted by molar-refractivity contribution is 5.33. The minimum atomic E-state index is -1.77. The van der Waals surface area contributed by atoms with Gasteiger partial charge in [-0.05, 0) is 11.6 Å². The van der Waals surface area contributed by atoms with Crippen LogP contribution in [-0.2, 0) is 14.2 Å². The number of hydrogen-bond donors (Lipinski definition) is 7. The molecule has 7 N–H and O–H groups in total. The van der Waals surface area contributed by atoms with Crippen LogP contribution >= 0.6 is 0 Å². The number of aliphatic hydroxyl groups is 7. The van der Waals surface area contributed by atoms with E-state index in [0.717, 1.165) is 6.26 Å². The Morgan fingerprint density at radius 1 is 1.04 bits per heavy atom. The van der Waals surface area contributed by atoms with Crippen molar-refractivity contribution >= 4 is 0 Å². The lowest BCUT2D eigenvalue weighted by Crippen LogP contribution is -2.61. The van der Waals surface area contributed by atoms with E-state index in [1.807, 2.05) is 0 Å². The van der Waals surface area contributed by atoms with Crippen molar-refractivity contribution in [3.05, 3.63) is 24.0 Å². The van der Waals surface area contributed by atoms with Gasteiger partial charge in [0.05, 0.1) is 25.4 Å². The summed E-state index contributed by atoms with van der Waals surface area (Å²) in [5.74, 6) is -0.982. The van der Waals surface area contributed by atoms with E-state index in [1.165, 1.54) is 12.2 Å². The quantitative estimate of drug-likeness (QED) is 0.247. The Morgan fingerprint density at radius 3 is 2.40 bits per heavy atom. The first-order valence-electron chi connectivity index (χ1n) is 7.84. The lowest BCUT2D eigenvalue weighted by molar-refractivity contribution is -0.344. The molecule has 2 aliphatic heterocycles. The molecular formula is C15H22O10. The standard InChI is InChI=1S/C15H22O10/c16-4-6-3-8(18)15(22)1-2-23-13(9(6)15)25-14-12(21)11(20)10(19)7(5-17)24-14/h1-3,7-14,16-22H,4-5H2/t7?,8?,9?,10?,11?,12?,13?,14?,15-/m1/s1. The fourth-order valence-electron chi connectivity index (χ4n) is 3.39. The fraction of sp³-hybridized carbons (Fsp3) is 0.733. The lowest BCUT2D eigenvalue weighted by Gasteiger charge is -2.44. The van der Waals surface area contributed by atoms with Gasteiger partial charge in [-0.3, -0.25) is 0 Å². The van der Waals surface area contributed by atoms with Crippen molar-refractivity contribution in [1.29, 1.82) is 0 Å². The van der Waals surface area contributed by atoms with Crippen molar-refractivity contribution in [2.24, 2.45) is 5.92 Å². The van der Waals surface area contributed by atoms with Crippen LogP contribution in [0.3, 0.4) is 0 Å². The van der Waals surface area contributed by atoms with Crippen LogP contribution in [0, 0.1) is 5.92 Å². The summed E-state index contributed by atoms with van der Waals surface area (Å²) in [6.45, 7) is -1.08. The molecule has 0 saturated carbocycles. The summed E-state index contributed by atoms with van der Waals surface area (Å²) in [6.07, 6.45) is -6.37. The maximum Gasteiger partial charge on any atom is 0.211 e. The second-order valence-electron chi connectivity index (χ2n) is 6.35. The summed E-state index contributed by atoms with van der Waals surface area (Å²) < 4.78 is 16.0. The number of aliphatic hydroxyl groups excluding tert-OH is 6. The Morgan fingerprint density at radius 2 is 1.76 bits per heavy atom. The van der Waals surface area contributed by atoms with Crippen molar-refractivity contribution in [3.63, 3.8) is 0 Å². The molecule has 8 unspecified atom stereocenters. The molecule has 0 aromatic carbocycles. The van der Waals surface area contributed by atoms with Gasteiger partial charge in [-0.15, -0.1) is 0 Å². The number of hydrogen-bond acceptors (Lipinski definition) is 10. The molecule has 2 heterocycles. The molecule has 10 heteroatoms. The van der Waals surface area contributed by atoms with Crippen LogP contribution in [0.25, 0.3) is 0 Å². The van der Waals surface area contributed by atoms with E-state index in [1.54, 1.807) is 0 Å². The molecule has 0 aromatic heterocycles. The van der Waals surface area contributed by atoms with Gasteiger partial charge in [0.25, 0.3) is 0 Å². The van der Waals surface area contributed by atoms with E-state index in [4.69, 9.17) is 14.2 Å². The van der Waals surface area contributed by atoms with Crippen LogP contribution in [0.4, 0.5) is 0 Å². The molecule has 0 radical (unpaired) electrons. The lowest BCUT2D eigenvalue weighted by atomic mass is 9.83. The van der Waals surface area contributed by atoms with Gasteiger partial charge in [-0.25, -0.2) is 0 Å². The molecular weight excluding hydrogens is 340 g/mol. The summed E-state index contributed by atoms with van der Waals surface area (Å²) >= 11 is 0. The van der Waals surface area contributed by atoms with Gasteiger partial charge in [-0.2, -0.15) is 0 Å². The molecule has 0 bridgehead atoms. The average Bonchev–Trinajstić information content (AvgIpc) is 2.87. The molecule has 1 fully saturated rings. The van der Waals surface area contributed by atoms with Gasteiger partial charge in [-0.1, -0.05) is 6.08 Å². The molecule has 1 saturated heterocycles. The summed E-state index contributed by atoms with van der Waals surface area (Å²) in [5, 5.41) is 69.0. The fourth-order valence-corrected chi connectivity index (χ4v) is 3.39. The third kappa shape index (κ3) is 2.99. The van der Waals surface area contributed by atoms with Crippen molar-refractivity contribution in [2.75, 3.05) is 13.2 Å². The van der Waals surface area contributed by atoms with Crippen LogP contribution in [-0.4, -0.2) is 97.7 Å². The van der Waals surface area contributed by atoms with Gasteiger partial charge in [0.2, 0.25) is 6.29 Å². The van der Waals surface area contributed by atoms with Gasteiger partial charge < -0.3 is 50.0 Å². The van der Waals surface area contributed by atoms with E-state index >= 15 is 0 Å². The minimum Gasteiger partial charge on any atom is -0.472 e. The number of ether oxygens (including phenoxy) is 3. The molecule has 9 atom stereocenters. The molecule has 142 valence electrons. The Labute approximate surface area is 142 Å². The van der Waals surface area contributed by atoms with Gasteiger partial charge in [0.15, 0.2) is 6.29 Å². The van der Waals surface area contributed by atoms with E-state index in [2.05, 4.69) is 0 Å². The normalized spacial score (nSPS) is 49.5. The Bertz CT molecular complexity index is 548. The third-order valence-corrected chi connectivity index (χ3v) is 4.86. The first kappa shape index (κ1) is 18.7. The van der Waals surface area contributed by atoms with Crippen molar-refractivity contribution < 1.29 is 50.0 Å². The Kier molecular flexibility index (Phi) is 5.17. The summed E-state index contributed by atoms with van der Waals surface area (Å²) in [7, 11) is 0. The molecule has 25 heavy (non-hydrogen) atoms.